The van der Waals surface area contributed by atoms with Gasteiger partial charge in [0.25, 0.3) is 0 Å². The Kier molecular flexibility index (Phi) is 5.83. The normalized spacial score (nSPS) is 16.9. The maximum absolute atomic E-state index is 5.53. The zero-order chi connectivity index (χ0) is 15.1. The summed E-state index contributed by atoms with van der Waals surface area (Å²) in [5.41, 5.74) is 4.83. The van der Waals surface area contributed by atoms with Gasteiger partial charge in [-0.15, -0.1) is 0 Å². The average Bonchev–Trinajstić information content (AvgIpc) is 2.99. The van der Waals surface area contributed by atoms with Crippen LogP contribution in [0.2, 0.25) is 0 Å². The van der Waals surface area contributed by atoms with E-state index in [4.69, 9.17) is 21.8 Å². The Labute approximate surface area is 130 Å². The van der Waals surface area contributed by atoms with E-state index in [-0.39, 0.29) is 6.10 Å². The first-order chi connectivity index (χ1) is 10.2. The van der Waals surface area contributed by atoms with Crippen molar-refractivity contribution in [3.8, 4) is 5.75 Å². The molecule has 21 heavy (non-hydrogen) atoms. The van der Waals surface area contributed by atoms with Crippen molar-refractivity contribution in [1.29, 1.82) is 0 Å². The second kappa shape index (κ2) is 7.85. The van der Waals surface area contributed by atoms with Gasteiger partial charge in [-0.1, -0.05) is 19.1 Å². The Hall–Kier alpha value is -1.79. The molecule has 1 aliphatic rings. The van der Waals surface area contributed by atoms with Gasteiger partial charge in [0.2, 0.25) is 0 Å². The molecular weight excluding hydrogens is 286 g/mol. The molecule has 114 valence electrons. The Morgan fingerprint density at radius 1 is 1.38 bits per heavy atom. The molecule has 2 rings (SSSR count). The highest BCUT2D eigenvalue weighted by atomic mass is 32.1. The summed E-state index contributed by atoms with van der Waals surface area (Å²) in [6, 6.07) is 7.82. The molecule has 1 aromatic rings. The van der Waals surface area contributed by atoms with Crippen molar-refractivity contribution in [3.05, 3.63) is 35.9 Å². The summed E-state index contributed by atoms with van der Waals surface area (Å²) in [6.07, 6.45) is 2.99. The van der Waals surface area contributed by atoms with Gasteiger partial charge in [0.15, 0.2) is 5.11 Å². The first-order valence-electron chi connectivity index (χ1n) is 7.03. The number of nitrogens with one attached hydrogen (secondary N) is 3. The zero-order valence-corrected chi connectivity index (χ0v) is 13.1. The molecule has 1 atom stereocenters. The molecule has 0 saturated heterocycles. The standard InChI is InChI=1S/C15H21N3O2S/c1-3-8-16-15(21)17-10-11-9-13(18-20-11)12-6-4-5-7-14(12)19-2/h4-7,9,11,18H,3,8,10H2,1-2H3,(H2,16,17,21)/t11-/m1/s1. The highest BCUT2D eigenvalue weighted by molar-refractivity contribution is 7.80. The van der Waals surface area contributed by atoms with Crippen LogP contribution in [-0.4, -0.2) is 31.4 Å². The highest BCUT2D eigenvalue weighted by Crippen LogP contribution is 2.26. The molecule has 0 aromatic heterocycles. The molecule has 0 aliphatic carbocycles. The minimum atomic E-state index is -0.0775. The fraction of sp³-hybridized carbons (Fsp3) is 0.400. The lowest BCUT2D eigenvalue weighted by atomic mass is 10.1. The van der Waals surface area contributed by atoms with Crippen LogP contribution in [0.5, 0.6) is 5.75 Å². The molecule has 0 saturated carbocycles. The number of para-hydroxylation sites is 1. The van der Waals surface area contributed by atoms with Crippen LogP contribution in [0.15, 0.2) is 30.3 Å². The van der Waals surface area contributed by atoms with Gasteiger partial charge in [-0.3, -0.25) is 10.3 Å². The third-order valence-corrected chi connectivity index (χ3v) is 3.36. The van der Waals surface area contributed by atoms with Crippen LogP contribution in [0.25, 0.3) is 5.70 Å². The summed E-state index contributed by atoms with van der Waals surface area (Å²) in [7, 11) is 1.66. The molecule has 0 bridgehead atoms. The van der Waals surface area contributed by atoms with Gasteiger partial charge in [-0.2, -0.15) is 0 Å². The van der Waals surface area contributed by atoms with Crippen molar-refractivity contribution in [2.24, 2.45) is 0 Å². The van der Waals surface area contributed by atoms with E-state index >= 15 is 0 Å². The number of hydrogen-bond acceptors (Lipinski definition) is 4. The van der Waals surface area contributed by atoms with Crippen LogP contribution in [0.3, 0.4) is 0 Å². The Morgan fingerprint density at radius 2 is 2.19 bits per heavy atom. The summed E-state index contributed by atoms with van der Waals surface area (Å²) in [5, 5.41) is 6.91. The Morgan fingerprint density at radius 3 is 2.95 bits per heavy atom. The Bertz CT molecular complexity index is 519. The number of benzene rings is 1. The van der Waals surface area contributed by atoms with E-state index in [0.29, 0.717) is 11.7 Å². The van der Waals surface area contributed by atoms with Crippen LogP contribution >= 0.6 is 12.2 Å². The molecule has 1 aliphatic heterocycles. The third kappa shape index (κ3) is 4.34. The van der Waals surface area contributed by atoms with Crippen LogP contribution < -0.4 is 20.9 Å². The van der Waals surface area contributed by atoms with Gasteiger partial charge < -0.3 is 15.4 Å². The molecule has 0 fully saturated rings. The van der Waals surface area contributed by atoms with Crippen LogP contribution in [0, 0.1) is 0 Å². The molecule has 1 heterocycles. The first-order valence-corrected chi connectivity index (χ1v) is 7.44. The number of thiocarbonyl (C=S) groups is 1. The molecule has 0 radical (unpaired) electrons. The minimum Gasteiger partial charge on any atom is -0.496 e. The smallest absolute Gasteiger partial charge is 0.166 e. The number of methoxy groups -OCH3 is 1. The van der Waals surface area contributed by atoms with E-state index in [1.807, 2.05) is 30.3 Å². The maximum atomic E-state index is 5.53. The van der Waals surface area contributed by atoms with Gasteiger partial charge in [-0.25, -0.2) is 0 Å². The summed E-state index contributed by atoms with van der Waals surface area (Å²) >= 11 is 5.18. The fourth-order valence-electron chi connectivity index (χ4n) is 2.00. The summed E-state index contributed by atoms with van der Waals surface area (Å²) in [4.78, 5) is 5.53. The monoisotopic (exact) mass is 307 g/mol. The van der Waals surface area contributed by atoms with Crippen molar-refractivity contribution in [2.75, 3.05) is 20.2 Å². The SMILES string of the molecule is CCCNC(=S)NC[C@H]1C=C(c2ccccc2OC)NO1. The van der Waals surface area contributed by atoms with E-state index in [2.05, 4.69) is 23.0 Å². The summed E-state index contributed by atoms with van der Waals surface area (Å²) < 4.78 is 5.35. The van der Waals surface area contributed by atoms with Gasteiger partial charge in [-0.05, 0) is 36.8 Å². The van der Waals surface area contributed by atoms with Crippen molar-refractivity contribution < 1.29 is 9.57 Å². The van der Waals surface area contributed by atoms with E-state index in [0.717, 1.165) is 30.0 Å². The molecule has 0 spiro atoms. The maximum Gasteiger partial charge on any atom is 0.166 e. The molecule has 0 amide bonds. The van der Waals surface area contributed by atoms with Crippen molar-refractivity contribution in [2.45, 2.75) is 19.4 Å². The highest BCUT2D eigenvalue weighted by Gasteiger charge is 2.19. The summed E-state index contributed by atoms with van der Waals surface area (Å²) in [5.74, 6) is 0.814. The fourth-order valence-corrected chi connectivity index (χ4v) is 2.19. The van der Waals surface area contributed by atoms with E-state index in [1.165, 1.54) is 0 Å². The molecule has 1 aromatic carbocycles. The zero-order valence-electron chi connectivity index (χ0n) is 12.3. The van der Waals surface area contributed by atoms with E-state index < -0.39 is 0 Å². The van der Waals surface area contributed by atoms with Gasteiger partial charge in [0, 0.05) is 18.7 Å². The van der Waals surface area contributed by atoms with Crippen molar-refractivity contribution >= 4 is 23.0 Å². The molecule has 6 heteroatoms. The van der Waals surface area contributed by atoms with Gasteiger partial charge in [0.05, 0.1) is 12.8 Å². The second-order valence-electron chi connectivity index (χ2n) is 4.68. The van der Waals surface area contributed by atoms with Crippen LogP contribution in [0.4, 0.5) is 0 Å². The molecule has 0 unspecified atom stereocenters. The quantitative estimate of drug-likeness (QED) is 0.697. The van der Waals surface area contributed by atoms with Crippen molar-refractivity contribution in [3.63, 3.8) is 0 Å². The summed E-state index contributed by atoms with van der Waals surface area (Å²) in [6.45, 7) is 3.58. The molecular formula is C15H21N3O2S. The lowest BCUT2D eigenvalue weighted by molar-refractivity contribution is 0.0541. The van der Waals surface area contributed by atoms with Gasteiger partial charge >= 0.3 is 0 Å². The second-order valence-corrected chi connectivity index (χ2v) is 5.08. The largest absolute Gasteiger partial charge is 0.496 e. The lowest BCUT2D eigenvalue weighted by Crippen LogP contribution is -2.39. The van der Waals surface area contributed by atoms with E-state index in [1.54, 1.807) is 7.11 Å². The third-order valence-electron chi connectivity index (χ3n) is 3.07. The minimum absolute atomic E-state index is 0.0775. The number of ether oxygens (including phenoxy) is 1. The first kappa shape index (κ1) is 15.6. The van der Waals surface area contributed by atoms with Crippen LogP contribution in [-0.2, 0) is 4.84 Å². The van der Waals surface area contributed by atoms with Crippen molar-refractivity contribution in [1.82, 2.24) is 16.1 Å². The predicted octanol–water partition coefficient (Wildman–Crippen LogP) is 1.81. The Balaban J connectivity index is 1.91. The molecule has 5 nitrogen and oxygen atoms in total. The number of rotatable bonds is 6. The molecule has 3 N–H and O–H groups in total. The van der Waals surface area contributed by atoms with Crippen LogP contribution in [0.1, 0.15) is 18.9 Å². The average molecular weight is 307 g/mol. The number of hydroxylamine groups is 1. The topological polar surface area (TPSA) is 54.5 Å². The van der Waals surface area contributed by atoms with E-state index in [9.17, 15) is 0 Å². The van der Waals surface area contributed by atoms with Gasteiger partial charge in [0.1, 0.15) is 11.9 Å². The lowest BCUT2D eigenvalue weighted by Gasteiger charge is -2.12. The predicted molar refractivity (Wildman–Crippen MR) is 87.9 cm³/mol. The number of hydrogen-bond donors (Lipinski definition) is 3.